The largest absolute Gasteiger partial charge is 0.484 e. The molecule has 1 rings (SSSR count). The first kappa shape index (κ1) is 14.3. The van der Waals surface area contributed by atoms with Gasteiger partial charge in [-0.2, -0.15) is 11.8 Å². The molecule has 0 fully saturated rings. The zero-order valence-corrected chi connectivity index (χ0v) is 10.6. The highest BCUT2D eigenvalue weighted by Crippen LogP contribution is 2.10. The second kappa shape index (κ2) is 7.54. The minimum absolute atomic E-state index is 0.259. The molecule has 0 radical (unpaired) electrons. The lowest BCUT2D eigenvalue weighted by atomic mass is 10.3. The van der Waals surface area contributed by atoms with E-state index in [0.717, 1.165) is 0 Å². The second-order valence-corrected chi connectivity index (χ2v) is 4.14. The van der Waals surface area contributed by atoms with Crippen LogP contribution in [0.1, 0.15) is 0 Å². The standard InChI is InChI=1S/C11H13FN2O3S/c1-18-7-11(16)14-13-10(15)6-17-9-4-2-8(12)3-5-9/h2-5H,6-7H2,1H3,(H,13,15)(H,14,16). The van der Waals surface area contributed by atoms with Crippen LogP contribution in [0.5, 0.6) is 5.75 Å². The molecule has 1 aromatic carbocycles. The molecule has 18 heavy (non-hydrogen) atoms. The average Bonchev–Trinajstić information content (AvgIpc) is 2.36. The second-order valence-electron chi connectivity index (χ2n) is 3.27. The van der Waals surface area contributed by atoms with Crippen LogP contribution in [0, 0.1) is 5.82 Å². The van der Waals surface area contributed by atoms with Crippen LogP contribution >= 0.6 is 11.8 Å². The number of carbonyl (C=O) groups is 2. The molecule has 0 saturated carbocycles. The van der Waals surface area contributed by atoms with E-state index in [2.05, 4.69) is 10.9 Å². The average molecular weight is 272 g/mol. The summed E-state index contributed by atoms with van der Waals surface area (Å²) in [7, 11) is 0. The number of thioether (sulfide) groups is 1. The fourth-order valence-electron chi connectivity index (χ4n) is 1.02. The summed E-state index contributed by atoms with van der Waals surface area (Å²) in [5.41, 5.74) is 4.43. The Balaban J connectivity index is 2.24. The zero-order chi connectivity index (χ0) is 13.4. The Morgan fingerprint density at radius 2 is 1.83 bits per heavy atom. The summed E-state index contributed by atoms with van der Waals surface area (Å²) in [5, 5.41) is 0. The van der Waals surface area contributed by atoms with Crippen molar-refractivity contribution in [1.29, 1.82) is 0 Å². The molecule has 0 aromatic heterocycles. The first-order chi connectivity index (χ1) is 8.61. The maximum atomic E-state index is 12.6. The molecule has 0 bridgehead atoms. The summed E-state index contributed by atoms with van der Waals surface area (Å²) in [4.78, 5) is 22.3. The van der Waals surface area contributed by atoms with Crippen LogP contribution in [0.3, 0.4) is 0 Å². The van der Waals surface area contributed by atoms with Crippen molar-refractivity contribution in [3.63, 3.8) is 0 Å². The molecule has 0 spiro atoms. The van der Waals surface area contributed by atoms with E-state index >= 15 is 0 Å². The van der Waals surface area contributed by atoms with E-state index in [1.807, 2.05) is 0 Å². The molecular weight excluding hydrogens is 259 g/mol. The van der Waals surface area contributed by atoms with Gasteiger partial charge in [0.15, 0.2) is 6.61 Å². The van der Waals surface area contributed by atoms with Gasteiger partial charge in [-0.05, 0) is 30.5 Å². The summed E-state index contributed by atoms with van der Waals surface area (Å²) in [6.07, 6.45) is 1.78. The Kier molecular flexibility index (Phi) is 5.99. The minimum atomic E-state index is -0.492. The molecule has 98 valence electrons. The van der Waals surface area contributed by atoms with Gasteiger partial charge in [0.25, 0.3) is 5.91 Å². The van der Waals surface area contributed by atoms with Crippen molar-refractivity contribution in [3.8, 4) is 5.75 Å². The van der Waals surface area contributed by atoms with Gasteiger partial charge in [0.2, 0.25) is 5.91 Å². The van der Waals surface area contributed by atoms with E-state index in [1.165, 1.54) is 36.0 Å². The lowest BCUT2D eigenvalue weighted by Crippen LogP contribution is -2.44. The maximum Gasteiger partial charge on any atom is 0.276 e. The molecule has 0 atom stereocenters. The lowest BCUT2D eigenvalue weighted by Gasteiger charge is -2.08. The highest BCUT2D eigenvalue weighted by molar-refractivity contribution is 7.99. The zero-order valence-electron chi connectivity index (χ0n) is 9.73. The first-order valence-electron chi connectivity index (χ1n) is 5.07. The predicted octanol–water partition coefficient (Wildman–Crippen LogP) is 0.715. The van der Waals surface area contributed by atoms with Crippen molar-refractivity contribution in [2.75, 3.05) is 18.6 Å². The van der Waals surface area contributed by atoms with Gasteiger partial charge < -0.3 is 4.74 Å². The molecular formula is C11H13FN2O3S. The molecule has 0 unspecified atom stereocenters. The number of hydrogen-bond acceptors (Lipinski definition) is 4. The van der Waals surface area contributed by atoms with E-state index in [1.54, 1.807) is 6.26 Å². The van der Waals surface area contributed by atoms with Gasteiger partial charge in [-0.25, -0.2) is 4.39 Å². The van der Waals surface area contributed by atoms with Crippen molar-refractivity contribution in [1.82, 2.24) is 10.9 Å². The van der Waals surface area contributed by atoms with Crippen molar-refractivity contribution in [2.45, 2.75) is 0 Å². The van der Waals surface area contributed by atoms with Gasteiger partial charge in [-0.1, -0.05) is 0 Å². The van der Waals surface area contributed by atoms with Crippen molar-refractivity contribution >= 4 is 23.6 Å². The van der Waals surface area contributed by atoms with Gasteiger partial charge in [-0.3, -0.25) is 20.4 Å². The number of carbonyl (C=O) groups excluding carboxylic acids is 2. The van der Waals surface area contributed by atoms with Gasteiger partial charge in [-0.15, -0.1) is 0 Å². The van der Waals surface area contributed by atoms with Crippen LogP contribution in [0.25, 0.3) is 0 Å². The highest BCUT2D eigenvalue weighted by Gasteiger charge is 2.04. The van der Waals surface area contributed by atoms with Crippen LogP contribution in [0.2, 0.25) is 0 Å². The Morgan fingerprint density at radius 3 is 2.44 bits per heavy atom. The number of halogens is 1. The number of nitrogens with one attached hydrogen (secondary N) is 2. The minimum Gasteiger partial charge on any atom is -0.484 e. The number of amides is 2. The van der Waals surface area contributed by atoms with Crippen LogP contribution < -0.4 is 15.6 Å². The first-order valence-corrected chi connectivity index (χ1v) is 6.46. The van der Waals surface area contributed by atoms with Crippen molar-refractivity contribution in [3.05, 3.63) is 30.1 Å². The van der Waals surface area contributed by atoms with Crippen molar-refractivity contribution < 1.29 is 18.7 Å². The molecule has 1 aromatic rings. The summed E-state index contributed by atoms with van der Waals surface area (Å²) >= 11 is 1.34. The van der Waals surface area contributed by atoms with E-state index in [-0.39, 0.29) is 24.1 Å². The Bertz CT molecular complexity index is 411. The third-order valence-corrected chi connectivity index (χ3v) is 2.35. The lowest BCUT2D eigenvalue weighted by molar-refractivity contribution is -0.128. The monoisotopic (exact) mass is 272 g/mol. The Morgan fingerprint density at radius 1 is 1.22 bits per heavy atom. The number of rotatable bonds is 5. The maximum absolute atomic E-state index is 12.6. The summed E-state index contributed by atoms with van der Waals surface area (Å²) < 4.78 is 17.7. The van der Waals surface area contributed by atoms with E-state index in [0.29, 0.717) is 5.75 Å². The summed E-state index contributed by atoms with van der Waals surface area (Å²) in [6, 6.07) is 5.28. The van der Waals surface area contributed by atoms with Gasteiger partial charge >= 0.3 is 0 Å². The molecule has 0 heterocycles. The Hall–Kier alpha value is -1.76. The smallest absolute Gasteiger partial charge is 0.276 e. The third kappa shape index (κ3) is 5.53. The molecule has 0 aliphatic rings. The third-order valence-electron chi connectivity index (χ3n) is 1.80. The van der Waals surface area contributed by atoms with E-state index < -0.39 is 5.91 Å². The number of hydrazine groups is 1. The molecule has 2 amide bonds. The number of benzene rings is 1. The highest BCUT2D eigenvalue weighted by atomic mass is 32.2. The van der Waals surface area contributed by atoms with Crippen LogP contribution in [-0.4, -0.2) is 30.4 Å². The van der Waals surface area contributed by atoms with E-state index in [9.17, 15) is 14.0 Å². The van der Waals surface area contributed by atoms with Crippen LogP contribution in [0.4, 0.5) is 4.39 Å². The van der Waals surface area contributed by atoms with Gasteiger partial charge in [0.1, 0.15) is 11.6 Å². The SMILES string of the molecule is CSCC(=O)NNC(=O)COc1ccc(F)cc1. The Labute approximate surface area is 108 Å². The summed E-state index contributed by atoms with van der Waals surface area (Å²) in [6.45, 7) is -0.259. The summed E-state index contributed by atoms with van der Waals surface area (Å²) in [5.74, 6) is -0.524. The molecule has 0 aliphatic carbocycles. The fourth-order valence-corrected chi connectivity index (χ4v) is 1.36. The topological polar surface area (TPSA) is 67.4 Å². The van der Waals surface area contributed by atoms with Crippen molar-refractivity contribution in [2.24, 2.45) is 0 Å². The van der Waals surface area contributed by atoms with Crippen LogP contribution in [0.15, 0.2) is 24.3 Å². The predicted molar refractivity (Wildman–Crippen MR) is 66.6 cm³/mol. The van der Waals surface area contributed by atoms with E-state index in [4.69, 9.17) is 4.74 Å². The molecule has 2 N–H and O–H groups in total. The number of hydrogen-bond donors (Lipinski definition) is 2. The molecule has 0 saturated heterocycles. The van der Waals surface area contributed by atoms with Crippen LogP contribution in [-0.2, 0) is 9.59 Å². The quantitative estimate of drug-likeness (QED) is 0.775. The normalized spacial score (nSPS) is 9.67. The fraction of sp³-hybridized carbons (Fsp3) is 0.273. The van der Waals surface area contributed by atoms with Gasteiger partial charge in [0.05, 0.1) is 5.75 Å². The molecule has 5 nitrogen and oxygen atoms in total. The number of ether oxygens (including phenoxy) is 1. The van der Waals surface area contributed by atoms with Gasteiger partial charge in [0, 0.05) is 0 Å². The molecule has 0 aliphatic heterocycles. The molecule has 7 heteroatoms.